The van der Waals surface area contributed by atoms with E-state index in [9.17, 15) is 4.79 Å². The van der Waals surface area contributed by atoms with Crippen molar-refractivity contribution in [2.75, 3.05) is 6.54 Å². The van der Waals surface area contributed by atoms with Crippen LogP contribution >= 0.6 is 15.9 Å². The van der Waals surface area contributed by atoms with Gasteiger partial charge in [-0.15, -0.1) is 0 Å². The van der Waals surface area contributed by atoms with Gasteiger partial charge >= 0.3 is 6.09 Å². The van der Waals surface area contributed by atoms with Crippen LogP contribution in [-0.2, 0) is 22.8 Å². The number of carbonyl (C=O) groups excluding carboxylic acids is 1. The van der Waals surface area contributed by atoms with Gasteiger partial charge in [0.15, 0.2) is 8.32 Å². The van der Waals surface area contributed by atoms with Crippen LogP contribution in [0.25, 0.3) is 0 Å². The van der Waals surface area contributed by atoms with Gasteiger partial charge in [-0.05, 0) is 38.9 Å². The first kappa shape index (κ1) is 23.2. The highest BCUT2D eigenvalue weighted by Crippen LogP contribution is 2.37. The Bertz CT molecular complexity index is 599. The number of halogens is 1. The maximum Gasteiger partial charge on any atom is 0.407 e. The molecule has 1 N–H and O–H groups in total. The minimum Gasteiger partial charge on any atom is -0.444 e. The lowest BCUT2D eigenvalue weighted by Gasteiger charge is -2.39. The first-order chi connectivity index (χ1) is 11.6. The summed E-state index contributed by atoms with van der Waals surface area (Å²) in [6.07, 6.45) is 3.46. The lowest BCUT2D eigenvalue weighted by molar-refractivity contribution is -0.681. The van der Waals surface area contributed by atoms with Crippen LogP contribution in [0.4, 0.5) is 4.79 Å². The first-order valence-corrected chi connectivity index (χ1v) is 12.7. The molecule has 1 rings (SSSR count). The minimum absolute atomic E-state index is 0.0963. The smallest absolute Gasteiger partial charge is 0.407 e. The number of alkyl carbamates (subject to hydrolysis) is 1. The van der Waals surface area contributed by atoms with E-state index < -0.39 is 20.0 Å². The molecule has 0 aromatic carbocycles. The molecule has 1 aromatic heterocycles. The Morgan fingerprint density at radius 1 is 1.31 bits per heavy atom. The molecule has 1 amide bonds. The van der Waals surface area contributed by atoms with Crippen molar-refractivity contribution < 1.29 is 18.5 Å². The van der Waals surface area contributed by atoms with Gasteiger partial charge in [-0.2, -0.15) is 0 Å². The number of aryl methyl sites for hydroxylation is 1. The summed E-state index contributed by atoms with van der Waals surface area (Å²) in [6.45, 7) is 17.7. The van der Waals surface area contributed by atoms with Gasteiger partial charge in [-0.3, -0.25) is 0 Å². The molecular weight excluding hydrogens is 414 g/mol. The standard InChI is InChI=1S/C18H34BrN3O3Si/c1-17(2,3)24-16(23)20-10-14(25-26(8,9)18(4,5)6)11-22-12-15(19)21(7)13-22/h12-14H,10-11H2,1-9H3/p+1. The van der Waals surface area contributed by atoms with Crippen molar-refractivity contribution in [2.24, 2.45) is 7.05 Å². The monoisotopic (exact) mass is 448 g/mol. The summed E-state index contributed by atoms with van der Waals surface area (Å²) in [5.74, 6) is 0. The van der Waals surface area contributed by atoms with Gasteiger partial charge in [-0.25, -0.2) is 13.9 Å². The van der Waals surface area contributed by atoms with Gasteiger partial charge in [0, 0.05) is 22.5 Å². The van der Waals surface area contributed by atoms with E-state index in [1.807, 2.05) is 44.9 Å². The van der Waals surface area contributed by atoms with Crippen molar-refractivity contribution in [1.29, 1.82) is 0 Å². The number of nitrogens with one attached hydrogen (secondary N) is 1. The Hall–Kier alpha value is -0.863. The fourth-order valence-electron chi connectivity index (χ4n) is 2.12. The molecule has 26 heavy (non-hydrogen) atoms. The predicted octanol–water partition coefficient (Wildman–Crippen LogP) is 3.99. The molecule has 150 valence electrons. The molecule has 8 heteroatoms. The Balaban J connectivity index is 2.86. The molecule has 0 saturated heterocycles. The number of imidazole rings is 1. The van der Waals surface area contributed by atoms with Crippen molar-refractivity contribution in [3.05, 3.63) is 17.1 Å². The summed E-state index contributed by atoms with van der Waals surface area (Å²) in [5.41, 5.74) is -0.515. The van der Waals surface area contributed by atoms with Crippen LogP contribution in [0, 0.1) is 0 Å². The molecule has 0 saturated carbocycles. The fourth-order valence-corrected chi connectivity index (χ4v) is 3.82. The fraction of sp³-hybridized carbons (Fsp3) is 0.778. The largest absolute Gasteiger partial charge is 0.444 e. The van der Waals surface area contributed by atoms with E-state index in [-0.39, 0.29) is 11.1 Å². The maximum atomic E-state index is 12.0. The van der Waals surface area contributed by atoms with Crippen molar-refractivity contribution in [2.45, 2.75) is 77.9 Å². The van der Waals surface area contributed by atoms with Crippen LogP contribution in [0.3, 0.4) is 0 Å². The van der Waals surface area contributed by atoms with Crippen LogP contribution in [0.1, 0.15) is 41.5 Å². The second-order valence-electron chi connectivity index (χ2n) is 9.26. The number of amides is 1. The number of nitrogens with zero attached hydrogens (tertiary/aromatic N) is 2. The van der Waals surface area contributed by atoms with E-state index in [1.165, 1.54) is 0 Å². The Kier molecular flexibility index (Phi) is 7.52. The number of carbonyl (C=O) groups is 1. The van der Waals surface area contributed by atoms with Crippen molar-refractivity contribution in [1.82, 2.24) is 9.88 Å². The van der Waals surface area contributed by atoms with Crippen LogP contribution < -0.4 is 9.88 Å². The predicted molar refractivity (Wildman–Crippen MR) is 110 cm³/mol. The van der Waals surface area contributed by atoms with Crippen molar-refractivity contribution in [3.63, 3.8) is 0 Å². The van der Waals surface area contributed by atoms with Gasteiger partial charge in [0.2, 0.25) is 10.9 Å². The number of aromatic nitrogens is 2. The normalized spacial score (nSPS) is 14.2. The van der Waals surface area contributed by atoms with Gasteiger partial charge in [-0.1, -0.05) is 20.8 Å². The van der Waals surface area contributed by atoms with E-state index in [2.05, 4.69) is 59.7 Å². The van der Waals surface area contributed by atoms with E-state index in [0.29, 0.717) is 13.1 Å². The van der Waals surface area contributed by atoms with E-state index >= 15 is 0 Å². The lowest BCUT2D eigenvalue weighted by atomic mass is 10.2. The van der Waals surface area contributed by atoms with Gasteiger partial charge in [0.1, 0.15) is 24.4 Å². The number of hydrogen-bond donors (Lipinski definition) is 1. The van der Waals surface area contributed by atoms with Crippen LogP contribution in [0.5, 0.6) is 0 Å². The molecule has 0 bridgehead atoms. The van der Waals surface area contributed by atoms with E-state index in [1.54, 1.807) is 0 Å². The van der Waals surface area contributed by atoms with Crippen molar-refractivity contribution in [3.8, 4) is 0 Å². The second kappa shape index (κ2) is 8.44. The molecule has 1 heterocycles. The summed E-state index contributed by atoms with van der Waals surface area (Å²) < 4.78 is 17.0. The topological polar surface area (TPSA) is 56.4 Å². The molecule has 0 aliphatic heterocycles. The zero-order valence-electron chi connectivity index (χ0n) is 17.6. The molecule has 6 nitrogen and oxygen atoms in total. The SMILES string of the molecule is C[n+]1cn(CC(CNC(=O)OC(C)(C)C)O[Si](C)(C)C(C)(C)C)cc1Br. The van der Waals surface area contributed by atoms with Crippen LogP contribution in [0.15, 0.2) is 17.1 Å². The molecule has 0 spiro atoms. The summed E-state index contributed by atoms with van der Waals surface area (Å²) in [4.78, 5) is 12.0. The third-order valence-corrected chi connectivity index (χ3v) is 9.78. The summed E-state index contributed by atoms with van der Waals surface area (Å²) >= 11 is 3.51. The second-order valence-corrected chi connectivity index (χ2v) is 14.8. The molecule has 0 fully saturated rings. The summed E-state index contributed by atoms with van der Waals surface area (Å²) in [5, 5.41) is 2.96. The highest BCUT2D eigenvalue weighted by atomic mass is 79.9. The van der Waals surface area contributed by atoms with Gasteiger partial charge in [0.25, 0.3) is 0 Å². The molecule has 0 radical (unpaired) electrons. The quantitative estimate of drug-likeness (QED) is 0.528. The maximum absolute atomic E-state index is 12.0. The molecule has 1 aromatic rings. The summed E-state index contributed by atoms with van der Waals surface area (Å²) in [7, 11) is 0.00399. The Morgan fingerprint density at radius 3 is 2.31 bits per heavy atom. The highest BCUT2D eigenvalue weighted by Gasteiger charge is 2.39. The Morgan fingerprint density at radius 2 is 1.88 bits per heavy atom. The Labute approximate surface area is 167 Å². The number of rotatable bonds is 6. The molecule has 0 aliphatic carbocycles. The zero-order chi connectivity index (χ0) is 20.3. The number of ether oxygens (including phenoxy) is 1. The average molecular weight is 449 g/mol. The van der Waals surface area contributed by atoms with Gasteiger partial charge < -0.3 is 14.5 Å². The lowest BCUT2D eigenvalue weighted by Crippen LogP contribution is -2.48. The average Bonchev–Trinajstić information content (AvgIpc) is 2.71. The molecular formula is C18H35BrN3O3Si+. The third kappa shape index (κ3) is 7.40. The zero-order valence-corrected chi connectivity index (χ0v) is 20.2. The van der Waals surface area contributed by atoms with E-state index in [0.717, 1.165) is 4.60 Å². The number of hydrogen-bond acceptors (Lipinski definition) is 3. The van der Waals surface area contributed by atoms with Gasteiger partial charge in [0.05, 0.1) is 7.05 Å². The molecule has 0 aliphatic rings. The summed E-state index contributed by atoms with van der Waals surface area (Å²) in [6, 6.07) is 0. The first-order valence-electron chi connectivity index (χ1n) is 8.96. The van der Waals surface area contributed by atoms with E-state index in [4.69, 9.17) is 9.16 Å². The highest BCUT2D eigenvalue weighted by molar-refractivity contribution is 9.10. The molecule has 1 unspecified atom stereocenters. The molecule has 1 atom stereocenters. The third-order valence-electron chi connectivity index (χ3n) is 4.49. The van der Waals surface area contributed by atoms with Crippen molar-refractivity contribution >= 4 is 30.3 Å². The minimum atomic E-state index is -1.97. The van der Waals surface area contributed by atoms with Crippen LogP contribution in [0.2, 0.25) is 18.1 Å². The van der Waals surface area contributed by atoms with Crippen LogP contribution in [-0.4, -0.2) is 37.2 Å².